The number of amides is 2. The van der Waals surface area contributed by atoms with E-state index in [9.17, 15) is 9.59 Å². The number of carbonyl (C=O) groups is 2. The van der Waals surface area contributed by atoms with Gasteiger partial charge >= 0.3 is 0 Å². The fourth-order valence-corrected chi connectivity index (χ4v) is 2.95. The Bertz CT molecular complexity index is 721. The summed E-state index contributed by atoms with van der Waals surface area (Å²) in [6.45, 7) is 5.36. The molecule has 3 heterocycles. The predicted molar refractivity (Wildman–Crippen MR) is 91.3 cm³/mol. The molecule has 0 saturated heterocycles. The van der Waals surface area contributed by atoms with Crippen LogP contribution in [-0.4, -0.2) is 33.0 Å². The van der Waals surface area contributed by atoms with Gasteiger partial charge in [0.2, 0.25) is 11.8 Å². The molecule has 0 fully saturated rings. The van der Waals surface area contributed by atoms with Crippen molar-refractivity contribution in [1.29, 1.82) is 0 Å². The molecule has 0 saturated carbocycles. The van der Waals surface area contributed by atoms with Crippen LogP contribution >= 0.6 is 0 Å². The van der Waals surface area contributed by atoms with E-state index in [-0.39, 0.29) is 11.8 Å². The van der Waals surface area contributed by atoms with Crippen LogP contribution < -0.4 is 5.32 Å². The lowest BCUT2D eigenvalue weighted by Gasteiger charge is -2.33. The van der Waals surface area contributed by atoms with Gasteiger partial charge in [-0.1, -0.05) is 13.8 Å². The van der Waals surface area contributed by atoms with Crippen LogP contribution in [-0.2, 0) is 22.7 Å². The topological polar surface area (TPSA) is 80.4 Å². The van der Waals surface area contributed by atoms with Gasteiger partial charge in [-0.15, -0.1) is 0 Å². The number of carbonyl (C=O) groups excluding carboxylic acids is 2. The SMILES string of the molecule is CC(C)CCC(=O)N1Cc2ccnn2[C@@H](C(=O)NCc2ccco2)C1. The third-order valence-corrected chi connectivity index (χ3v) is 4.40. The number of hydrogen-bond donors (Lipinski definition) is 1. The van der Waals surface area contributed by atoms with Crippen LogP contribution in [0.1, 0.15) is 44.2 Å². The maximum absolute atomic E-state index is 12.6. The first-order chi connectivity index (χ1) is 12.0. The molecular formula is C18H24N4O3. The highest BCUT2D eigenvalue weighted by molar-refractivity contribution is 5.82. The Kier molecular flexibility index (Phi) is 5.21. The second-order valence-electron chi connectivity index (χ2n) is 6.79. The molecule has 7 nitrogen and oxygen atoms in total. The Morgan fingerprint density at radius 3 is 2.96 bits per heavy atom. The number of aromatic nitrogens is 2. The molecule has 2 aromatic heterocycles. The molecule has 0 aliphatic carbocycles. The number of fused-ring (bicyclic) bond motifs is 1. The Morgan fingerprint density at radius 1 is 1.40 bits per heavy atom. The number of nitrogens with zero attached hydrogens (tertiary/aromatic N) is 3. The maximum atomic E-state index is 12.6. The van der Waals surface area contributed by atoms with E-state index in [0.717, 1.165) is 12.1 Å². The summed E-state index contributed by atoms with van der Waals surface area (Å²) >= 11 is 0. The Balaban J connectivity index is 1.67. The zero-order chi connectivity index (χ0) is 17.8. The van der Waals surface area contributed by atoms with Gasteiger partial charge < -0.3 is 14.6 Å². The first kappa shape index (κ1) is 17.3. The van der Waals surface area contributed by atoms with Crippen molar-refractivity contribution in [2.45, 2.75) is 45.8 Å². The van der Waals surface area contributed by atoms with Gasteiger partial charge in [0.25, 0.3) is 0 Å². The van der Waals surface area contributed by atoms with Crippen molar-refractivity contribution in [3.63, 3.8) is 0 Å². The van der Waals surface area contributed by atoms with Gasteiger partial charge in [0.05, 0.1) is 31.6 Å². The average molecular weight is 344 g/mol. The molecule has 0 aromatic carbocycles. The van der Waals surface area contributed by atoms with E-state index in [0.29, 0.717) is 37.7 Å². The van der Waals surface area contributed by atoms with E-state index in [1.165, 1.54) is 0 Å². The highest BCUT2D eigenvalue weighted by Gasteiger charge is 2.32. The summed E-state index contributed by atoms with van der Waals surface area (Å²) in [4.78, 5) is 26.9. The van der Waals surface area contributed by atoms with Crippen molar-refractivity contribution in [1.82, 2.24) is 20.0 Å². The first-order valence-electron chi connectivity index (χ1n) is 8.65. The molecule has 2 amide bonds. The van der Waals surface area contributed by atoms with Crippen LogP contribution in [0.15, 0.2) is 35.1 Å². The molecule has 134 valence electrons. The van der Waals surface area contributed by atoms with Crippen molar-refractivity contribution in [2.75, 3.05) is 6.54 Å². The summed E-state index contributed by atoms with van der Waals surface area (Å²) in [5.74, 6) is 1.09. The molecule has 25 heavy (non-hydrogen) atoms. The van der Waals surface area contributed by atoms with E-state index in [1.54, 1.807) is 28.1 Å². The molecule has 0 spiro atoms. The third-order valence-electron chi connectivity index (χ3n) is 4.40. The van der Waals surface area contributed by atoms with Gasteiger partial charge in [-0.05, 0) is 30.5 Å². The molecule has 0 radical (unpaired) electrons. The van der Waals surface area contributed by atoms with E-state index in [2.05, 4.69) is 24.3 Å². The van der Waals surface area contributed by atoms with Crippen molar-refractivity contribution in [3.8, 4) is 0 Å². The highest BCUT2D eigenvalue weighted by Crippen LogP contribution is 2.22. The van der Waals surface area contributed by atoms with Gasteiger partial charge in [0.1, 0.15) is 11.8 Å². The van der Waals surface area contributed by atoms with Crippen LogP contribution in [0.5, 0.6) is 0 Å². The van der Waals surface area contributed by atoms with Crippen LogP contribution in [0.4, 0.5) is 0 Å². The summed E-state index contributed by atoms with van der Waals surface area (Å²) < 4.78 is 6.95. The van der Waals surface area contributed by atoms with Gasteiger partial charge in [0, 0.05) is 12.6 Å². The molecule has 7 heteroatoms. The monoisotopic (exact) mass is 344 g/mol. The maximum Gasteiger partial charge on any atom is 0.247 e. The lowest BCUT2D eigenvalue weighted by Crippen LogP contribution is -2.47. The molecule has 0 bridgehead atoms. The van der Waals surface area contributed by atoms with Gasteiger partial charge in [0.15, 0.2) is 0 Å². The zero-order valence-corrected chi connectivity index (χ0v) is 14.6. The molecular weight excluding hydrogens is 320 g/mol. The Morgan fingerprint density at radius 2 is 2.24 bits per heavy atom. The average Bonchev–Trinajstić information content (AvgIpc) is 3.27. The second-order valence-corrected chi connectivity index (χ2v) is 6.79. The third kappa shape index (κ3) is 4.10. The van der Waals surface area contributed by atoms with E-state index in [4.69, 9.17) is 4.42 Å². The van der Waals surface area contributed by atoms with Crippen molar-refractivity contribution in [2.24, 2.45) is 5.92 Å². The number of hydrogen-bond acceptors (Lipinski definition) is 4. The van der Waals surface area contributed by atoms with Crippen LogP contribution in [0, 0.1) is 5.92 Å². The molecule has 2 aromatic rings. The largest absolute Gasteiger partial charge is 0.467 e. The second kappa shape index (κ2) is 7.55. The minimum absolute atomic E-state index is 0.0879. The van der Waals surface area contributed by atoms with Crippen LogP contribution in [0.25, 0.3) is 0 Å². The van der Waals surface area contributed by atoms with E-state index >= 15 is 0 Å². The summed E-state index contributed by atoms with van der Waals surface area (Å²) in [5.41, 5.74) is 0.877. The molecule has 3 rings (SSSR count). The van der Waals surface area contributed by atoms with Gasteiger partial charge in [-0.2, -0.15) is 5.10 Å². The predicted octanol–water partition coefficient (Wildman–Crippen LogP) is 2.11. The highest BCUT2D eigenvalue weighted by atomic mass is 16.3. The van der Waals surface area contributed by atoms with Crippen molar-refractivity contribution >= 4 is 11.8 Å². The van der Waals surface area contributed by atoms with E-state index in [1.807, 2.05) is 12.1 Å². The molecule has 1 N–H and O–H groups in total. The minimum Gasteiger partial charge on any atom is -0.467 e. The van der Waals surface area contributed by atoms with Crippen LogP contribution in [0.2, 0.25) is 0 Å². The summed E-state index contributed by atoms with van der Waals surface area (Å²) in [7, 11) is 0. The van der Waals surface area contributed by atoms with E-state index < -0.39 is 6.04 Å². The number of furan rings is 1. The zero-order valence-electron chi connectivity index (χ0n) is 14.6. The molecule has 0 unspecified atom stereocenters. The quantitative estimate of drug-likeness (QED) is 0.870. The normalized spacial score (nSPS) is 16.8. The number of nitrogens with one attached hydrogen (secondary N) is 1. The fraction of sp³-hybridized carbons (Fsp3) is 0.500. The van der Waals surface area contributed by atoms with Crippen molar-refractivity contribution < 1.29 is 14.0 Å². The standard InChI is InChI=1S/C18H24N4O3/c1-13(2)5-6-17(23)21-11-14-7-8-20-22(14)16(12-21)18(24)19-10-15-4-3-9-25-15/h3-4,7-9,13,16H,5-6,10-12H2,1-2H3,(H,19,24)/t16-/m1/s1. The van der Waals surface area contributed by atoms with Crippen LogP contribution in [0.3, 0.4) is 0 Å². The molecule has 1 atom stereocenters. The molecule has 1 aliphatic rings. The number of rotatable bonds is 6. The minimum atomic E-state index is -0.517. The van der Waals surface area contributed by atoms with Crippen molar-refractivity contribution in [3.05, 3.63) is 42.1 Å². The molecule has 1 aliphatic heterocycles. The summed E-state index contributed by atoms with van der Waals surface area (Å²) in [6, 6.07) is 4.93. The summed E-state index contributed by atoms with van der Waals surface area (Å²) in [5, 5.41) is 7.13. The smallest absolute Gasteiger partial charge is 0.247 e. The lowest BCUT2D eigenvalue weighted by molar-refractivity contribution is -0.135. The van der Waals surface area contributed by atoms with Gasteiger partial charge in [-0.25, -0.2) is 0 Å². The Labute approximate surface area is 147 Å². The first-order valence-corrected chi connectivity index (χ1v) is 8.65. The fourth-order valence-electron chi connectivity index (χ4n) is 2.95. The lowest BCUT2D eigenvalue weighted by atomic mass is 10.1. The summed E-state index contributed by atoms with van der Waals surface area (Å²) in [6.07, 6.45) is 4.60. The Hall–Kier alpha value is -2.57. The van der Waals surface area contributed by atoms with Gasteiger partial charge in [-0.3, -0.25) is 14.3 Å².